The molecular formula is C27H31N3O3. The maximum Gasteiger partial charge on any atom is 0.141 e. The monoisotopic (exact) mass is 445 g/mol. The van der Waals surface area contributed by atoms with E-state index >= 15 is 0 Å². The van der Waals surface area contributed by atoms with Gasteiger partial charge in [-0.15, -0.1) is 0 Å². The topological polar surface area (TPSA) is 62.3 Å². The van der Waals surface area contributed by atoms with Gasteiger partial charge in [-0.1, -0.05) is 29.4 Å². The van der Waals surface area contributed by atoms with Crippen molar-refractivity contribution < 1.29 is 14.0 Å². The van der Waals surface area contributed by atoms with E-state index in [1.54, 1.807) is 7.11 Å². The SMILES string of the molecule is COc1ccccc1Cc1nc2cc(-c3c(C)noc3C)ccc2n1C1CCC(OC)CC1. The summed E-state index contributed by atoms with van der Waals surface area (Å²) in [6.07, 6.45) is 5.42. The first kappa shape index (κ1) is 21.7. The Morgan fingerprint density at radius 1 is 1.03 bits per heavy atom. The highest BCUT2D eigenvalue weighted by molar-refractivity contribution is 5.84. The van der Waals surface area contributed by atoms with Gasteiger partial charge in [0.15, 0.2) is 0 Å². The van der Waals surface area contributed by atoms with Crippen LogP contribution in [-0.2, 0) is 11.2 Å². The average molecular weight is 446 g/mol. The van der Waals surface area contributed by atoms with Crippen LogP contribution >= 0.6 is 0 Å². The van der Waals surface area contributed by atoms with Crippen LogP contribution in [0, 0.1) is 13.8 Å². The minimum atomic E-state index is 0.361. The Bertz CT molecular complexity index is 1250. The van der Waals surface area contributed by atoms with Crippen LogP contribution in [0.5, 0.6) is 5.75 Å². The molecule has 33 heavy (non-hydrogen) atoms. The number of fused-ring (bicyclic) bond motifs is 1. The van der Waals surface area contributed by atoms with Gasteiger partial charge in [-0.25, -0.2) is 4.98 Å². The lowest BCUT2D eigenvalue weighted by Gasteiger charge is -2.30. The molecule has 0 amide bonds. The molecule has 4 aromatic rings. The third kappa shape index (κ3) is 4.04. The standard InChI is InChI=1S/C27H31N3O3/c1-17-27(18(2)33-29-17)20-9-14-24-23(15-20)28-26(16-19-7-5-6-8-25(19)32-4)30(24)21-10-12-22(31-3)13-11-21/h5-9,14-15,21-22H,10-13,16H2,1-4H3. The van der Waals surface area contributed by atoms with Crippen molar-refractivity contribution in [1.82, 2.24) is 14.7 Å². The molecule has 0 unspecified atom stereocenters. The number of aryl methyl sites for hydroxylation is 2. The molecule has 0 radical (unpaired) electrons. The number of methoxy groups -OCH3 is 2. The Labute approximate surface area is 194 Å². The number of nitrogens with zero attached hydrogens (tertiary/aromatic N) is 3. The van der Waals surface area contributed by atoms with Gasteiger partial charge in [-0.05, 0) is 63.3 Å². The number of ether oxygens (including phenoxy) is 2. The van der Waals surface area contributed by atoms with Crippen molar-refractivity contribution in [3.63, 3.8) is 0 Å². The van der Waals surface area contributed by atoms with Crippen LogP contribution < -0.4 is 4.74 Å². The van der Waals surface area contributed by atoms with Gasteiger partial charge in [0, 0.05) is 30.7 Å². The zero-order valence-corrected chi connectivity index (χ0v) is 19.8. The summed E-state index contributed by atoms with van der Waals surface area (Å²) in [4.78, 5) is 5.15. The summed E-state index contributed by atoms with van der Waals surface area (Å²) in [6, 6.07) is 15.2. The van der Waals surface area contributed by atoms with E-state index in [0.717, 1.165) is 77.3 Å². The van der Waals surface area contributed by atoms with Crippen LogP contribution in [0.25, 0.3) is 22.2 Å². The first-order chi connectivity index (χ1) is 16.1. The van der Waals surface area contributed by atoms with Gasteiger partial charge in [0.2, 0.25) is 0 Å². The average Bonchev–Trinajstić information content (AvgIpc) is 3.37. The fourth-order valence-corrected chi connectivity index (χ4v) is 5.29. The molecule has 2 aromatic carbocycles. The largest absolute Gasteiger partial charge is 0.496 e. The fraction of sp³-hybridized carbons (Fsp3) is 0.407. The van der Waals surface area contributed by atoms with Crippen molar-refractivity contribution in [1.29, 1.82) is 0 Å². The third-order valence-corrected chi connectivity index (χ3v) is 6.97. The van der Waals surface area contributed by atoms with E-state index < -0.39 is 0 Å². The third-order valence-electron chi connectivity index (χ3n) is 6.97. The first-order valence-electron chi connectivity index (χ1n) is 11.7. The number of aromatic nitrogens is 3. The number of rotatable bonds is 6. The molecule has 5 rings (SSSR count). The summed E-state index contributed by atoms with van der Waals surface area (Å²) in [5, 5.41) is 4.13. The molecule has 172 valence electrons. The predicted octanol–water partition coefficient (Wildman–Crippen LogP) is 6.04. The summed E-state index contributed by atoms with van der Waals surface area (Å²) in [6.45, 7) is 3.94. The Hall–Kier alpha value is -3.12. The van der Waals surface area contributed by atoms with Crippen LogP contribution in [0.4, 0.5) is 0 Å². The van der Waals surface area contributed by atoms with E-state index in [2.05, 4.69) is 40.1 Å². The predicted molar refractivity (Wildman–Crippen MR) is 129 cm³/mol. The summed E-state index contributed by atoms with van der Waals surface area (Å²) in [7, 11) is 3.55. The van der Waals surface area contributed by atoms with Gasteiger partial charge in [0.1, 0.15) is 17.3 Å². The van der Waals surface area contributed by atoms with Crippen molar-refractivity contribution in [2.24, 2.45) is 0 Å². The summed E-state index contributed by atoms with van der Waals surface area (Å²) < 4.78 is 19.1. The molecule has 0 spiro atoms. The van der Waals surface area contributed by atoms with Crippen molar-refractivity contribution in [3.8, 4) is 16.9 Å². The normalized spacial score (nSPS) is 18.7. The molecule has 0 saturated heterocycles. The van der Waals surface area contributed by atoms with E-state index in [4.69, 9.17) is 19.0 Å². The first-order valence-corrected chi connectivity index (χ1v) is 11.7. The van der Waals surface area contributed by atoms with Crippen LogP contribution in [0.2, 0.25) is 0 Å². The molecule has 0 atom stereocenters. The Morgan fingerprint density at radius 2 is 1.82 bits per heavy atom. The van der Waals surface area contributed by atoms with Gasteiger partial charge in [0.05, 0.1) is 29.9 Å². The molecule has 6 heteroatoms. The van der Waals surface area contributed by atoms with E-state index in [9.17, 15) is 0 Å². The molecule has 0 aliphatic heterocycles. The maximum absolute atomic E-state index is 5.63. The summed E-state index contributed by atoms with van der Waals surface area (Å²) in [5.41, 5.74) is 6.38. The smallest absolute Gasteiger partial charge is 0.141 e. The Morgan fingerprint density at radius 3 is 2.52 bits per heavy atom. The van der Waals surface area contributed by atoms with Crippen LogP contribution in [0.15, 0.2) is 47.0 Å². The lowest BCUT2D eigenvalue weighted by atomic mass is 9.92. The molecule has 2 heterocycles. The number of imidazole rings is 1. The van der Waals surface area contributed by atoms with Crippen molar-refractivity contribution in [3.05, 3.63) is 65.3 Å². The molecule has 1 aliphatic carbocycles. The van der Waals surface area contributed by atoms with Crippen LogP contribution in [-0.4, -0.2) is 35.0 Å². The minimum Gasteiger partial charge on any atom is -0.496 e. The van der Waals surface area contributed by atoms with E-state index in [-0.39, 0.29) is 0 Å². The molecular weight excluding hydrogens is 414 g/mol. The maximum atomic E-state index is 5.63. The Balaban J connectivity index is 1.60. The zero-order valence-electron chi connectivity index (χ0n) is 19.8. The summed E-state index contributed by atoms with van der Waals surface area (Å²) >= 11 is 0. The lowest BCUT2D eigenvalue weighted by molar-refractivity contribution is 0.0586. The highest BCUT2D eigenvalue weighted by atomic mass is 16.5. The van der Waals surface area contributed by atoms with Crippen molar-refractivity contribution in [2.75, 3.05) is 14.2 Å². The van der Waals surface area contributed by atoms with Crippen LogP contribution in [0.1, 0.15) is 54.6 Å². The zero-order chi connectivity index (χ0) is 22.9. The molecule has 0 bridgehead atoms. The molecule has 1 saturated carbocycles. The molecule has 6 nitrogen and oxygen atoms in total. The van der Waals surface area contributed by atoms with E-state index in [0.29, 0.717) is 12.1 Å². The second-order valence-corrected chi connectivity index (χ2v) is 8.96. The minimum absolute atomic E-state index is 0.361. The number of hydrogen-bond acceptors (Lipinski definition) is 5. The quantitative estimate of drug-likeness (QED) is 0.362. The van der Waals surface area contributed by atoms with Gasteiger partial charge >= 0.3 is 0 Å². The second-order valence-electron chi connectivity index (χ2n) is 8.96. The second kappa shape index (κ2) is 9.02. The Kier molecular flexibility index (Phi) is 5.94. The number of benzene rings is 2. The van der Waals surface area contributed by atoms with Gasteiger partial charge < -0.3 is 18.6 Å². The highest BCUT2D eigenvalue weighted by Gasteiger charge is 2.26. The van der Waals surface area contributed by atoms with E-state index in [1.165, 1.54) is 5.52 Å². The molecule has 0 N–H and O–H groups in total. The van der Waals surface area contributed by atoms with Gasteiger partial charge in [-0.3, -0.25) is 0 Å². The highest BCUT2D eigenvalue weighted by Crippen LogP contribution is 2.36. The number of para-hydroxylation sites is 1. The molecule has 1 aliphatic rings. The van der Waals surface area contributed by atoms with Gasteiger partial charge in [0.25, 0.3) is 0 Å². The molecule has 1 fully saturated rings. The van der Waals surface area contributed by atoms with Crippen molar-refractivity contribution in [2.45, 2.75) is 58.1 Å². The van der Waals surface area contributed by atoms with Crippen LogP contribution in [0.3, 0.4) is 0 Å². The van der Waals surface area contributed by atoms with E-state index in [1.807, 2.05) is 33.1 Å². The fourth-order valence-electron chi connectivity index (χ4n) is 5.29. The lowest BCUT2D eigenvalue weighted by Crippen LogP contribution is -2.23. The van der Waals surface area contributed by atoms with Crippen molar-refractivity contribution >= 4 is 11.0 Å². The number of hydrogen-bond donors (Lipinski definition) is 0. The van der Waals surface area contributed by atoms with Gasteiger partial charge in [-0.2, -0.15) is 0 Å². The molecule has 2 aromatic heterocycles. The summed E-state index contributed by atoms with van der Waals surface area (Å²) in [5.74, 6) is 2.81.